The maximum Gasteiger partial charge on any atom is 0.0697 e. The van der Waals surface area contributed by atoms with Crippen LogP contribution in [0, 0.1) is 0 Å². The lowest BCUT2D eigenvalue weighted by molar-refractivity contribution is 0.925. The monoisotopic (exact) mass is 214 g/mol. The van der Waals surface area contributed by atoms with Crippen LogP contribution in [0.4, 0.5) is 11.4 Å². The van der Waals surface area contributed by atoms with E-state index in [4.69, 9.17) is 17.4 Å². The molecule has 0 heterocycles. The number of hydrogen-bond donors (Lipinski definition) is 3. The third-order valence-corrected chi connectivity index (χ3v) is 2.41. The van der Waals surface area contributed by atoms with Gasteiger partial charge >= 0.3 is 0 Å². The molecule has 2 rings (SSSR count). The van der Waals surface area contributed by atoms with Crippen LogP contribution >= 0.6 is 0 Å². The molecule has 0 saturated heterocycles. The van der Waals surface area contributed by atoms with Gasteiger partial charge in [0.15, 0.2) is 0 Å². The lowest BCUT2D eigenvalue weighted by Gasteiger charge is -2.11. The van der Waals surface area contributed by atoms with Gasteiger partial charge in [0.1, 0.15) is 0 Å². The van der Waals surface area contributed by atoms with Gasteiger partial charge in [0, 0.05) is 5.69 Å². The first-order chi connectivity index (χ1) is 7.66. The Hall–Kier alpha value is -2.04. The van der Waals surface area contributed by atoms with Gasteiger partial charge in [-0.3, -0.25) is 0 Å². The molecule has 4 nitrogen and oxygen atoms in total. The quantitative estimate of drug-likeness (QED) is 0.402. The molecule has 0 aliphatic rings. The molecule has 0 bridgehead atoms. The Morgan fingerprint density at radius 1 is 0.688 bits per heavy atom. The summed E-state index contributed by atoms with van der Waals surface area (Å²) in [4.78, 5) is 0. The SMILES string of the molecule is Nc1ccc(-c2ccc(N(N)N)cc2)cc1. The zero-order valence-electron chi connectivity index (χ0n) is 8.80. The van der Waals surface area contributed by atoms with Crippen LogP contribution in [0.1, 0.15) is 0 Å². The van der Waals surface area contributed by atoms with E-state index in [9.17, 15) is 0 Å². The van der Waals surface area contributed by atoms with Crippen LogP contribution in [-0.4, -0.2) is 0 Å². The van der Waals surface area contributed by atoms with Crippen molar-refractivity contribution >= 4 is 11.4 Å². The minimum atomic E-state index is 0.760. The van der Waals surface area contributed by atoms with E-state index in [1.165, 1.54) is 0 Å². The van der Waals surface area contributed by atoms with Gasteiger partial charge in [-0.05, 0) is 35.4 Å². The maximum atomic E-state index is 5.63. The van der Waals surface area contributed by atoms with Gasteiger partial charge in [0.25, 0.3) is 0 Å². The van der Waals surface area contributed by atoms with Crippen molar-refractivity contribution in [1.29, 1.82) is 0 Å². The summed E-state index contributed by atoms with van der Waals surface area (Å²) >= 11 is 0. The summed E-state index contributed by atoms with van der Waals surface area (Å²) in [5.41, 5.74) is 9.37. The molecule has 0 aliphatic carbocycles. The number of rotatable bonds is 2. The van der Waals surface area contributed by atoms with Gasteiger partial charge in [-0.2, -0.15) is 0 Å². The average Bonchev–Trinajstić information content (AvgIpc) is 2.30. The topological polar surface area (TPSA) is 81.3 Å². The number of benzene rings is 2. The Morgan fingerprint density at radius 3 is 1.56 bits per heavy atom. The van der Waals surface area contributed by atoms with Crippen LogP contribution in [0.15, 0.2) is 48.5 Å². The molecular formula is C12H14N4. The van der Waals surface area contributed by atoms with Crippen LogP contribution in [0.25, 0.3) is 11.1 Å². The third kappa shape index (κ3) is 2.13. The minimum Gasteiger partial charge on any atom is -0.399 e. The summed E-state index contributed by atoms with van der Waals surface area (Å²) < 4.78 is 0. The standard InChI is InChI=1S/C12H14N4/c13-11-5-1-9(2-6-11)10-3-7-12(8-4-10)16(14)15/h1-8H,13-15H2. The largest absolute Gasteiger partial charge is 0.399 e. The van der Waals surface area contributed by atoms with Gasteiger partial charge in [0.05, 0.1) is 5.69 Å². The van der Waals surface area contributed by atoms with E-state index >= 15 is 0 Å². The number of hydrogen-bond acceptors (Lipinski definition) is 4. The molecule has 16 heavy (non-hydrogen) atoms. The van der Waals surface area contributed by atoms with E-state index in [-0.39, 0.29) is 0 Å². The highest BCUT2D eigenvalue weighted by Crippen LogP contribution is 2.22. The summed E-state index contributed by atoms with van der Waals surface area (Å²) in [5, 5.41) is 1.09. The van der Waals surface area contributed by atoms with E-state index in [0.717, 1.165) is 27.6 Å². The highest BCUT2D eigenvalue weighted by molar-refractivity contribution is 5.67. The Bertz CT molecular complexity index is 459. The Balaban J connectivity index is 2.31. The fourth-order valence-corrected chi connectivity index (χ4v) is 1.50. The molecule has 2 aromatic carbocycles. The molecule has 4 heteroatoms. The van der Waals surface area contributed by atoms with Crippen LogP contribution in [-0.2, 0) is 0 Å². The molecular weight excluding hydrogens is 200 g/mol. The van der Waals surface area contributed by atoms with Crippen molar-refractivity contribution < 1.29 is 0 Å². The van der Waals surface area contributed by atoms with Crippen LogP contribution in [0.2, 0.25) is 0 Å². The number of anilines is 2. The average molecular weight is 214 g/mol. The summed E-state index contributed by atoms with van der Waals surface area (Å²) in [6, 6.07) is 15.4. The predicted octanol–water partition coefficient (Wildman–Crippen LogP) is 1.49. The highest BCUT2D eigenvalue weighted by Gasteiger charge is 1.99. The van der Waals surface area contributed by atoms with Gasteiger partial charge in [0.2, 0.25) is 0 Å². The second-order valence-electron chi connectivity index (χ2n) is 3.58. The third-order valence-electron chi connectivity index (χ3n) is 2.41. The molecule has 6 N–H and O–H groups in total. The van der Waals surface area contributed by atoms with Crippen LogP contribution in [0.3, 0.4) is 0 Å². The lowest BCUT2D eigenvalue weighted by atomic mass is 10.1. The van der Waals surface area contributed by atoms with E-state index in [1.54, 1.807) is 0 Å². The van der Waals surface area contributed by atoms with Crippen molar-refractivity contribution in [3.63, 3.8) is 0 Å². The van der Waals surface area contributed by atoms with Gasteiger partial charge in [-0.1, -0.05) is 24.3 Å². The summed E-state index contributed by atoms with van der Waals surface area (Å²) in [7, 11) is 0. The molecule has 0 aliphatic heterocycles. The molecule has 82 valence electrons. The van der Waals surface area contributed by atoms with Gasteiger partial charge < -0.3 is 5.73 Å². The van der Waals surface area contributed by atoms with Crippen molar-refractivity contribution in [3.05, 3.63) is 48.5 Å². The Morgan fingerprint density at radius 2 is 1.12 bits per heavy atom. The first-order valence-corrected chi connectivity index (χ1v) is 4.92. The van der Waals surface area contributed by atoms with Crippen molar-refractivity contribution in [1.82, 2.24) is 0 Å². The maximum absolute atomic E-state index is 5.63. The molecule has 0 atom stereocenters. The van der Waals surface area contributed by atoms with Crippen LogP contribution in [0.5, 0.6) is 0 Å². The molecule has 0 radical (unpaired) electrons. The van der Waals surface area contributed by atoms with Crippen molar-refractivity contribution in [2.24, 2.45) is 11.7 Å². The fraction of sp³-hybridized carbons (Fsp3) is 0. The molecule has 2 aromatic rings. The summed E-state index contributed by atoms with van der Waals surface area (Å²) in [5.74, 6) is 10.8. The molecule has 0 aromatic heterocycles. The number of nitrogens with zero attached hydrogens (tertiary/aromatic N) is 1. The summed E-state index contributed by atoms with van der Waals surface area (Å²) in [6.07, 6.45) is 0. The van der Waals surface area contributed by atoms with Gasteiger partial charge in [-0.15, -0.1) is 0 Å². The Labute approximate surface area is 94.2 Å². The zero-order chi connectivity index (χ0) is 11.5. The van der Waals surface area contributed by atoms with Crippen LogP contribution < -0.4 is 22.5 Å². The van der Waals surface area contributed by atoms with Crippen molar-refractivity contribution in [3.8, 4) is 11.1 Å². The minimum absolute atomic E-state index is 0.760. The predicted molar refractivity (Wildman–Crippen MR) is 67.1 cm³/mol. The number of nitrogen functional groups attached to an aromatic ring is 1. The fourth-order valence-electron chi connectivity index (χ4n) is 1.50. The van der Waals surface area contributed by atoms with Gasteiger partial charge in [-0.25, -0.2) is 16.8 Å². The first-order valence-electron chi connectivity index (χ1n) is 4.92. The van der Waals surface area contributed by atoms with E-state index < -0.39 is 0 Å². The van der Waals surface area contributed by atoms with E-state index in [0.29, 0.717) is 0 Å². The lowest BCUT2D eigenvalue weighted by Crippen LogP contribution is -2.37. The molecule has 0 unspecified atom stereocenters. The smallest absolute Gasteiger partial charge is 0.0697 e. The molecule has 0 saturated carbocycles. The van der Waals surface area contributed by atoms with Crippen molar-refractivity contribution in [2.45, 2.75) is 0 Å². The van der Waals surface area contributed by atoms with E-state index in [2.05, 4.69) is 0 Å². The molecule has 0 spiro atoms. The second-order valence-corrected chi connectivity index (χ2v) is 3.58. The normalized spacial score (nSPS) is 10.1. The van der Waals surface area contributed by atoms with Crippen molar-refractivity contribution in [2.75, 3.05) is 10.9 Å². The molecule has 0 amide bonds. The number of hydrazine groups is 2. The second kappa shape index (κ2) is 4.22. The Kier molecular flexibility index (Phi) is 2.76. The van der Waals surface area contributed by atoms with E-state index in [1.807, 2.05) is 48.5 Å². The highest BCUT2D eigenvalue weighted by atomic mass is 15.6. The zero-order valence-corrected chi connectivity index (χ0v) is 8.80. The molecule has 0 fully saturated rings. The number of nitrogens with two attached hydrogens (primary N) is 3. The first kappa shape index (κ1) is 10.5. The summed E-state index contributed by atoms with van der Waals surface area (Å²) in [6.45, 7) is 0.